The molecule has 0 saturated carbocycles. The molecule has 1 aliphatic carbocycles. The number of nitriles is 1. The molecule has 4 nitrogen and oxygen atoms in total. The average molecular weight is 227 g/mol. The van der Waals surface area contributed by atoms with E-state index in [0.717, 1.165) is 0 Å². The fourth-order valence-electron chi connectivity index (χ4n) is 1.77. The molecule has 1 aromatic rings. The van der Waals surface area contributed by atoms with Gasteiger partial charge in [-0.2, -0.15) is 5.26 Å². The summed E-state index contributed by atoms with van der Waals surface area (Å²) in [5, 5.41) is 8.50. The van der Waals surface area contributed by atoms with E-state index in [2.05, 4.69) is 0 Å². The summed E-state index contributed by atoms with van der Waals surface area (Å²) in [6.45, 7) is 1.38. The molecule has 2 rings (SSSR count). The van der Waals surface area contributed by atoms with Crippen LogP contribution in [0.1, 0.15) is 22.8 Å². The molecule has 1 aromatic carbocycles. The molecule has 0 heterocycles. The van der Waals surface area contributed by atoms with E-state index >= 15 is 0 Å². The van der Waals surface area contributed by atoms with Crippen LogP contribution in [0, 0.1) is 11.3 Å². The Labute approximate surface area is 98.1 Å². The number of ketones is 2. The van der Waals surface area contributed by atoms with Gasteiger partial charge in [0.05, 0.1) is 0 Å². The Morgan fingerprint density at radius 2 is 1.82 bits per heavy atom. The summed E-state index contributed by atoms with van der Waals surface area (Å²) >= 11 is 0. The number of hydrogen-bond acceptors (Lipinski definition) is 4. The van der Waals surface area contributed by atoms with Crippen molar-refractivity contribution in [2.24, 2.45) is 0 Å². The van der Waals surface area contributed by atoms with Gasteiger partial charge in [-0.3, -0.25) is 9.59 Å². The number of nitrogens with zero attached hydrogens (tertiary/aromatic N) is 1. The minimum atomic E-state index is -0.573. The fraction of sp³-hybridized carbons (Fsp3) is 0.154. The molecule has 17 heavy (non-hydrogen) atoms. The van der Waals surface area contributed by atoms with Crippen molar-refractivity contribution < 1.29 is 14.3 Å². The molecule has 0 aromatic heterocycles. The lowest BCUT2D eigenvalue weighted by Gasteiger charge is -2.18. The molecule has 0 aliphatic heterocycles. The third-order valence-electron chi connectivity index (χ3n) is 2.58. The first-order chi connectivity index (χ1) is 8.16. The lowest BCUT2D eigenvalue weighted by molar-refractivity contribution is -0.111. The van der Waals surface area contributed by atoms with Crippen molar-refractivity contribution in [3.63, 3.8) is 0 Å². The van der Waals surface area contributed by atoms with Crippen LogP contribution < -0.4 is 0 Å². The molecule has 0 bridgehead atoms. The second-order valence-electron chi connectivity index (χ2n) is 3.60. The third-order valence-corrected chi connectivity index (χ3v) is 2.58. The molecule has 0 radical (unpaired) electrons. The van der Waals surface area contributed by atoms with Crippen molar-refractivity contribution in [1.82, 2.24) is 0 Å². The predicted molar refractivity (Wildman–Crippen MR) is 59.9 cm³/mol. The average Bonchev–Trinajstić information content (AvgIpc) is 2.36. The van der Waals surface area contributed by atoms with Gasteiger partial charge in [-0.1, -0.05) is 24.3 Å². The summed E-state index contributed by atoms with van der Waals surface area (Å²) in [6, 6.07) is 8.57. The van der Waals surface area contributed by atoms with Gasteiger partial charge < -0.3 is 4.74 Å². The molecule has 0 fully saturated rings. The van der Waals surface area contributed by atoms with Crippen molar-refractivity contribution in [2.45, 2.75) is 6.92 Å². The molecular weight excluding hydrogens is 218 g/mol. The third kappa shape index (κ3) is 1.72. The first-order valence-electron chi connectivity index (χ1n) is 5.06. The lowest BCUT2D eigenvalue weighted by Crippen LogP contribution is -2.23. The normalized spacial score (nSPS) is 14.4. The van der Waals surface area contributed by atoms with Crippen LogP contribution in [0.25, 0.3) is 5.76 Å². The van der Waals surface area contributed by atoms with Gasteiger partial charge in [0.15, 0.2) is 6.61 Å². The topological polar surface area (TPSA) is 67.2 Å². The number of rotatable bonds is 2. The molecule has 0 unspecified atom stereocenters. The summed E-state index contributed by atoms with van der Waals surface area (Å²) < 4.78 is 5.24. The maximum Gasteiger partial charge on any atom is 0.234 e. The van der Waals surface area contributed by atoms with Crippen LogP contribution in [0.5, 0.6) is 0 Å². The number of benzene rings is 1. The van der Waals surface area contributed by atoms with Crippen LogP contribution in [0.4, 0.5) is 0 Å². The second kappa shape index (κ2) is 4.22. The van der Waals surface area contributed by atoms with E-state index in [1.54, 1.807) is 24.3 Å². The molecule has 84 valence electrons. The first kappa shape index (κ1) is 11.1. The Balaban J connectivity index is 2.59. The van der Waals surface area contributed by atoms with Crippen LogP contribution >= 0.6 is 0 Å². The fourth-order valence-corrected chi connectivity index (χ4v) is 1.77. The minimum absolute atomic E-state index is 0.150. The monoisotopic (exact) mass is 227 g/mol. The minimum Gasteiger partial charge on any atom is -0.478 e. The van der Waals surface area contributed by atoms with E-state index in [1.165, 1.54) is 6.92 Å². The van der Waals surface area contributed by atoms with Gasteiger partial charge in [-0.25, -0.2) is 0 Å². The second-order valence-corrected chi connectivity index (χ2v) is 3.60. The Morgan fingerprint density at radius 1 is 1.18 bits per heavy atom. The summed E-state index contributed by atoms with van der Waals surface area (Å²) in [6.07, 6.45) is 0. The molecule has 4 heteroatoms. The summed E-state index contributed by atoms with van der Waals surface area (Å²) in [4.78, 5) is 23.4. The van der Waals surface area contributed by atoms with E-state index in [9.17, 15) is 9.59 Å². The van der Waals surface area contributed by atoms with Crippen molar-refractivity contribution >= 4 is 17.3 Å². The van der Waals surface area contributed by atoms with Gasteiger partial charge in [-0.05, 0) is 6.92 Å². The molecule has 0 atom stereocenters. The highest BCUT2D eigenvalue weighted by Crippen LogP contribution is 2.29. The van der Waals surface area contributed by atoms with E-state index in [0.29, 0.717) is 16.9 Å². The van der Waals surface area contributed by atoms with Crippen LogP contribution in [-0.4, -0.2) is 18.2 Å². The summed E-state index contributed by atoms with van der Waals surface area (Å²) in [5.41, 5.74) is 1.16. The van der Waals surface area contributed by atoms with Gasteiger partial charge in [-0.15, -0.1) is 0 Å². The van der Waals surface area contributed by atoms with E-state index in [-0.39, 0.29) is 12.2 Å². The van der Waals surface area contributed by atoms with Crippen LogP contribution in [0.15, 0.2) is 29.8 Å². The summed E-state index contributed by atoms with van der Waals surface area (Å²) in [7, 11) is 0. The molecule has 0 saturated heterocycles. The highest BCUT2D eigenvalue weighted by molar-refractivity contribution is 6.52. The predicted octanol–water partition coefficient (Wildman–Crippen LogP) is 1.72. The van der Waals surface area contributed by atoms with Crippen LogP contribution in [0.2, 0.25) is 0 Å². The van der Waals surface area contributed by atoms with Gasteiger partial charge in [0, 0.05) is 16.7 Å². The highest BCUT2D eigenvalue weighted by atomic mass is 16.5. The van der Waals surface area contributed by atoms with Crippen molar-refractivity contribution in [3.05, 3.63) is 41.0 Å². The Kier molecular flexibility index (Phi) is 2.75. The van der Waals surface area contributed by atoms with Gasteiger partial charge in [0.1, 0.15) is 11.8 Å². The zero-order valence-corrected chi connectivity index (χ0v) is 9.19. The highest BCUT2D eigenvalue weighted by Gasteiger charge is 2.30. The number of carbonyl (C=O) groups is 2. The van der Waals surface area contributed by atoms with Crippen molar-refractivity contribution in [2.75, 3.05) is 6.61 Å². The Morgan fingerprint density at radius 3 is 2.47 bits per heavy atom. The Hall–Kier alpha value is -2.41. The van der Waals surface area contributed by atoms with Gasteiger partial charge in [0.25, 0.3) is 0 Å². The Bertz CT molecular complexity index is 579. The molecular formula is C13H9NO3. The molecule has 0 N–H and O–H groups in total. The quantitative estimate of drug-likeness (QED) is 0.721. The molecule has 1 aliphatic rings. The summed E-state index contributed by atoms with van der Waals surface area (Å²) in [5.74, 6) is -0.772. The number of fused-ring (bicyclic) bond motifs is 1. The van der Waals surface area contributed by atoms with Crippen LogP contribution in [-0.2, 0) is 9.53 Å². The molecule has 0 spiro atoms. The first-order valence-corrected chi connectivity index (χ1v) is 5.06. The number of Topliss-reactive ketones (excluding diaryl/α,β-unsaturated/α-hetero) is 2. The number of hydrogen-bond donors (Lipinski definition) is 0. The maximum absolute atomic E-state index is 11.7. The van der Waals surface area contributed by atoms with Crippen molar-refractivity contribution in [3.8, 4) is 6.07 Å². The number of ether oxygens (including phenoxy) is 1. The maximum atomic E-state index is 11.7. The standard InChI is InChI=1S/C13H9NO3/c1-8-11(15)12(16)9-4-2-3-5-10(9)13(8)17-7-6-14/h2-5H,7H2,1H3. The SMILES string of the molecule is CC1=C(OCC#N)c2ccccc2C(=O)C1=O. The zero-order chi connectivity index (χ0) is 12.4. The largest absolute Gasteiger partial charge is 0.478 e. The lowest BCUT2D eigenvalue weighted by atomic mass is 9.89. The number of allylic oxidation sites excluding steroid dienone is 1. The van der Waals surface area contributed by atoms with E-state index in [1.807, 2.05) is 6.07 Å². The number of carbonyl (C=O) groups excluding carboxylic acids is 2. The van der Waals surface area contributed by atoms with E-state index in [4.69, 9.17) is 10.00 Å². The van der Waals surface area contributed by atoms with Crippen molar-refractivity contribution in [1.29, 1.82) is 5.26 Å². The van der Waals surface area contributed by atoms with Crippen LogP contribution in [0.3, 0.4) is 0 Å². The van der Waals surface area contributed by atoms with Gasteiger partial charge in [0.2, 0.25) is 11.6 Å². The molecule has 0 amide bonds. The van der Waals surface area contributed by atoms with Gasteiger partial charge >= 0.3 is 0 Å². The van der Waals surface area contributed by atoms with E-state index < -0.39 is 11.6 Å². The zero-order valence-electron chi connectivity index (χ0n) is 9.19. The smallest absolute Gasteiger partial charge is 0.234 e.